The number of aromatic nitrogens is 1. The molecule has 0 radical (unpaired) electrons. The van der Waals surface area contributed by atoms with Crippen molar-refractivity contribution in [3.8, 4) is 0 Å². The van der Waals surface area contributed by atoms with Gasteiger partial charge in [0.15, 0.2) is 0 Å². The van der Waals surface area contributed by atoms with Gasteiger partial charge in [-0.1, -0.05) is 6.07 Å². The van der Waals surface area contributed by atoms with Crippen molar-refractivity contribution in [1.82, 2.24) is 10.4 Å². The monoisotopic (exact) mass is 245 g/mol. The molecule has 80 valence electrons. The molecule has 0 saturated carbocycles. The van der Waals surface area contributed by atoms with Crippen molar-refractivity contribution in [3.05, 3.63) is 30.1 Å². The normalized spacial score (nSPS) is 9.47. The van der Waals surface area contributed by atoms with E-state index in [0.717, 1.165) is 0 Å². The zero-order valence-electron chi connectivity index (χ0n) is 7.78. The molecule has 0 bridgehead atoms. The zero-order chi connectivity index (χ0) is 11.1. The summed E-state index contributed by atoms with van der Waals surface area (Å²) in [5.74, 6) is -0.0128. The summed E-state index contributed by atoms with van der Waals surface area (Å²) >= 11 is 11.0. The average Bonchev–Trinajstić information content (AvgIpc) is 2.31. The van der Waals surface area contributed by atoms with Crippen molar-refractivity contribution in [2.75, 3.05) is 11.8 Å². The Labute approximate surface area is 97.3 Å². The molecule has 1 aromatic rings. The number of pyridine rings is 1. The summed E-state index contributed by atoms with van der Waals surface area (Å²) in [4.78, 5) is 15.3. The van der Waals surface area contributed by atoms with Gasteiger partial charge in [0, 0.05) is 6.20 Å². The summed E-state index contributed by atoms with van der Waals surface area (Å²) in [6.07, 6.45) is 1.53. The number of carbonyl (C=O) groups excluding carboxylic acids is 1. The maximum absolute atomic E-state index is 11.4. The van der Waals surface area contributed by atoms with Gasteiger partial charge in [-0.2, -0.15) is 5.10 Å². The van der Waals surface area contributed by atoms with Crippen LogP contribution in [0.15, 0.2) is 29.5 Å². The van der Waals surface area contributed by atoms with E-state index >= 15 is 0 Å². The Morgan fingerprint density at radius 3 is 2.67 bits per heavy atom. The molecule has 0 saturated heterocycles. The van der Waals surface area contributed by atoms with E-state index in [1.165, 1.54) is 6.20 Å². The van der Waals surface area contributed by atoms with Crippen LogP contribution < -0.4 is 5.43 Å². The summed E-state index contributed by atoms with van der Waals surface area (Å²) in [5.41, 5.74) is 3.12. The SMILES string of the molecule is O=C(NN=C(CCl)CCl)c1ccccn1. The highest BCUT2D eigenvalue weighted by Gasteiger charge is 2.04. The van der Waals surface area contributed by atoms with Gasteiger partial charge in [0.25, 0.3) is 5.91 Å². The molecule has 1 aromatic heterocycles. The second-order valence-corrected chi connectivity index (χ2v) is 3.14. The van der Waals surface area contributed by atoms with Gasteiger partial charge in [-0.15, -0.1) is 23.2 Å². The van der Waals surface area contributed by atoms with Crippen LogP contribution in [0.2, 0.25) is 0 Å². The molecule has 0 aliphatic heterocycles. The van der Waals surface area contributed by atoms with Crippen LogP contribution >= 0.6 is 23.2 Å². The van der Waals surface area contributed by atoms with Crippen LogP contribution in [0, 0.1) is 0 Å². The Hall–Kier alpha value is -1.13. The molecule has 4 nitrogen and oxygen atoms in total. The fourth-order valence-electron chi connectivity index (χ4n) is 0.780. The Balaban J connectivity index is 2.61. The summed E-state index contributed by atoms with van der Waals surface area (Å²) in [5, 5.41) is 3.75. The van der Waals surface area contributed by atoms with Crippen LogP contribution in [0.25, 0.3) is 0 Å². The van der Waals surface area contributed by atoms with E-state index in [2.05, 4.69) is 15.5 Å². The third-order valence-corrected chi connectivity index (χ3v) is 2.14. The standard InChI is InChI=1S/C9H9Cl2N3O/c10-5-7(6-11)13-14-9(15)8-3-1-2-4-12-8/h1-4H,5-6H2,(H,14,15). The largest absolute Gasteiger partial charge is 0.289 e. The van der Waals surface area contributed by atoms with Gasteiger partial charge in [-0.05, 0) is 12.1 Å². The number of amides is 1. The summed E-state index contributed by atoms with van der Waals surface area (Å²) < 4.78 is 0. The lowest BCUT2D eigenvalue weighted by Crippen LogP contribution is -2.21. The first-order valence-corrected chi connectivity index (χ1v) is 5.23. The minimum atomic E-state index is -0.386. The number of nitrogens with zero attached hydrogens (tertiary/aromatic N) is 2. The van der Waals surface area contributed by atoms with Crippen molar-refractivity contribution in [2.45, 2.75) is 0 Å². The molecule has 1 heterocycles. The van der Waals surface area contributed by atoms with E-state index in [1.54, 1.807) is 18.2 Å². The molecule has 0 unspecified atom stereocenters. The number of carbonyl (C=O) groups is 1. The lowest BCUT2D eigenvalue weighted by molar-refractivity contribution is 0.0950. The number of hydrogen-bond donors (Lipinski definition) is 1. The highest BCUT2D eigenvalue weighted by atomic mass is 35.5. The average molecular weight is 246 g/mol. The molecular weight excluding hydrogens is 237 g/mol. The number of alkyl halides is 2. The molecule has 1 N–H and O–H groups in total. The molecule has 0 spiro atoms. The Morgan fingerprint density at radius 1 is 1.40 bits per heavy atom. The van der Waals surface area contributed by atoms with Crippen LogP contribution in [-0.2, 0) is 0 Å². The van der Waals surface area contributed by atoms with Gasteiger partial charge in [0.1, 0.15) is 5.69 Å². The van der Waals surface area contributed by atoms with Crippen molar-refractivity contribution in [2.24, 2.45) is 5.10 Å². The van der Waals surface area contributed by atoms with Crippen LogP contribution in [0.5, 0.6) is 0 Å². The molecule has 6 heteroatoms. The zero-order valence-corrected chi connectivity index (χ0v) is 9.29. The van der Waals surface area contributed by atoms with Gasteiger partial charge >= 0.3 is 0 Å². The van der Waals surface area contributed by atoms with Gasteiger partial charge in [-0.25, -0.2) is 5.43 Å². The van der Waals surface area contributed by atoms with Crippen molar-refractivity contribution < 1.29 is 4.79 Å². The van der Waals surface area contributed by atoms with E-state index in [4.69, 9.17) is 23.2 Å². The molecule has 1 amide bonds. The Kier molecular flexibility index (Phi) is 5.07. The molecule has 0 fully saturated rings. The van der Waals surface area contributed by atoms with E-state index in [1.807, 2.05) is 0 Å². The Morgan fingerprint density at radius 2 is 2.13 bits per heavy atom. The predicted octanol–water partition coefficient (Wildman–Crippen LogP) is 1.65. The van der Waals surface area contributed by atoms with Crippen LogP contribution in [-0.4, -0.2) is 28.4 Å². The van der Waals surface area contributed by atoms with Crippen molar-refractivity contribution >= 4 is 34.8 Å². The minimum Gasteiger partial charge on any atom is -0.266 e. The maximum atomic E-state index is 11.4. The van der Waals surface area contributed by atoms with E-state index in [0.29, 0.717) is 11.4 Å². The van der Waals surface area contributed by atoms with Crippen LogP contribution in [0.3, 0.4) is 0 Å². The fraction of sp³-hybridized carbons (Fsp3) is 0.222. The van der Waals surface area contributed by atoms with Gasteiger partial charge < -0.3 is 0 Å². The fourth-order valence-corrected chi connectivity index (χ4v) is 1.18. The third-order valence-electron chi connectivity index (χ3n) is 1.52. The summed E-state index contributed by atoms with van der Waals surface area (Å²) in [7, 11) is 0. The van der Waals surface area contributed by atoms with Gasteiger partial charge in [0.05, 0.1) is 17.5 Å². The van der Waals surface area contributed by atoms with E-state index in [9.17, 15) is 4.79 Å². The topological polar surface area (TPSA) is 54.4 Å². The number of nitrogens with one attached hydrogen (secondary N) is 1. The highest BCUT2D eigenvalue weighted by molar-refractivity contribution is 6.37. The van der Waals surface area contributed by atoms with Gasteiger partial charge in [-0.3, -0.25) is 9.78 Å². The number of rotatable bonds is 4. The van der Waals surface area contributed by atoms with Crippen molar-refractivity contribution in [1.29, 1.82) is 0 Å². The quantitative estimate of drug-likeness (QED) is 0.499. The van der Waals surface area contributed by atoms with Gasteiger partial charge in [0.2, 0.25) is 0 Å². The first-order chi connectivity index (χ1) is 7.27. The van der Waals surface area contributed by atoms with E-state index in [-0.39, 0.29) is 17.7 Å². The van der Waals surface area contributed by atoms with Crippen LogP contribution in [0.1, 0.15) is 10.5 Å². The number of halogens is 2. The van der Waals surface area contributed by atoms with Crippen LogP contribution in [0.4, 0.5) is 0 Å². The minimum absolute atomic E-state index is 0.187. The second kappa shape index (κ2) is 6.37. The Bertz CT molecular complexity index is 348. The van der Waals surface area contributed by atoms with Crippen molar-refractivity contribution in [3.63, 3.8) is 0 Å². The molecular formula is C9H9Cl2N3O. The third kappa shape index (κ3) is 3.85. The maximum Gasteiger partial charge on any atom is 0.289 e. The second-order valence-electron chi connectivity index (χ2n) is 2.60. The highest BCUT2D eigenvalue weighted by Crippen LogP contribution is 1.93. The molecule has 1 rings (SSSR count). The number of hydrogen-bond acceptors (Lipinski definition) is 3. The first kappa shape index (κ1) is 11.9. The predicted molar refractivity (Wildman–Crippen MR) is 60.6 cm³/mol. The number of hydrazone groups is 1. The van der Waals surface area contributed by atoms with E-state index < -0.39 is 0 Å². The lowest BCUT2D eigenvalue weighted by atomic mass is 10.3. The molecule has 15 heavy (non-hydrogen) atoms. The molecule has 0 aliphatic carbocycles. The lowest BCUT2D eigenvalue weighted by Gasteiger charge is -2.00. The molecule has 0 aliphatic rings. The molecule has 0 atom stereocenters. The smallest absolute Gasteiger partial charge is 0.266 e. The first-order valence-electron chi connectivity index (χ1n) is 4.16. The summed E-state index contributed by atoms with van der Waals surface area (Å²) in [6.45, 7) is 0. The molecule has 0 aromatic carbocycles. The summed E-state index contributed by atoms with van der Waals surface area (Å²) in [6, 6.07) is 5.03.